The maximum atomic E-state index is 13.7. The van der Waals surface area contributed by atoms with Gasteiger partial charge in [0.05, 0.1) is 17.7 Å². The molecule has 0 bridgehead atoms. The van der Waals surface area contributed by atoms with Gasteiger partial charge in [0.2, 0.25) is 10.0 Å². The number of carbonyl (C=O) groups excluding carboxylic acids is 1. The Balaban J connectivity index is 1.74. The molecule has 0 heterocycles. The second kappa shape index (κ2) is 11.0. The lowest BCUT2D eigenvalue weighted by Gasteiger charge is -2.21. The quantitative estimate of drug-likeness (QED) is 0.378. The van der Waals surface area contributed by atoms with Crippen molar-refractivity contribution in [3.05, 3.63) is 101 Å². The van der Waals surface area contributed by atoms with E-state index >= 15 is 0 Å². The van der Waals surface area contributed by atoms with Gasteiger partial charge in [-0.3, -0.25) is 4.79 Å². The average Bonchev–Trinajstić information content (AvgIpc) is 2.79. The molecule has 0 radical (unpaired) electrons. The second-order valence-corrected chi connectivity index (χ2v) is 9.22. The van der Waals surface area contributed by atoms with Crippen molar-refractivity contribution in [3.8, 4) is 0 Å². The Morgan fingerprint density at radius 1 is 1.00 bits per heavy atom. The molecule has 1 amide bonds. The fourth-order valence-corrected chi connectivity index (χ4v) is 4.41. The maximum absolute atomic E-state index is 13.7. The fourth-order valence-electron chi connectivity index (χ4n) is 2.89. The van der Waals surface area contributed by atoms with E-state index in [4.69, 9.17) is 11.6 Å². The molecule has 3 aromatic carbocycles. The first-order valence-electron chi connectivity index (χ1n) is 9.72. The molecule has 32 heavy (non-hydrogen) atoms. The first-order chi connectivity index (χ1) is 15.4. The number of rotatable bonds is 9. The highest BCUT2D eigenvalue weighted by Gasteiger charge is 2.26. The number of hydrogen-bond donors (Lipinski definition) is 1. The molecule has 0 unspecified atom stereocenters. The topological polar surface area (TPSA) is 78.8 Å². The lowest BCUT2D eigenvalue weighted by atomic mass is 10.1. The Labute approximate surface area is 191 Å². The molecule has 0 aliphatic carbocycles. The highest BCUT2D eigenvalue weighted by atomic mass is 35.5. The van der Waals surface area contributed by atoms with E-state index in [0.717, 1.165) is 16.1 Å². The van der Waals surface area contributed by atoms with Gasteiger partial charge in [-0.05, 0) is 42.3 Å². The molecule has 166 valence electrons. The molecule has 6 nitrogen and oxygen atoms in total. The lowest BCUT2D eigenvalue weighted by Crippen LogP contribution is -2.40. The number of amides is 1. The zero-order valence-corrected chi connectivity index (χ0v) is 18.6. The van der Waals surface area contributed by atoms with Gasteiger partial charge in [-0.15, -0.1) is 0 Å². The smallest absolute Gasteiger partial charge is 0.255 e. The molecule has 0 aliphatic heterocycles. The molecule has 0 fully saturated rings. The van der Waals surface area contributed by atoms with Crippen LogP contribution in [0, 0.1) is 5.82 Å². The fraction of sp³-hybridized carbons (Fsp3) is 0.130. The van der Waals surface area contributed by atoms with Crippen LogP contribution in [0.3, 0.4) is 0 Å². The van der Waals surface area contributed by atoms with Crippen molar-refractivity contribution in [3.63, 3.8) is 0 Å². The monoisotopic (exact) mass is 473 g/mol. The van der Waals surface area contributed by atoms with Crippen molar-refractivity contribution in [2.24, 2.45) is 5.10 Å². The minimum atomic E-state index is -3.96. The molecule has 0 atom stereocenters. The Morgan fingerprint density at radius 3 is 2.34 bits per heavy atom. The van der Waals surface area contributed by atoms with Gasteiger partial charge >= 0.3 is 0 Å². The molecule has 0 aliphatic rings. The third kappa shape index (κ3) is 6.46. The summed E-state index contributed by atoms with van der Waals surface area (Å²) < 4.78 is 41.0. The number of halogens is 2. The molecule has 3 rings (SSSR count). The summed E-state index contributed by atoms with van der Waals surface area (Å²) in [6.07, 6.45) is 1.58. The van der Waals surface area contributed by atoms with Crippen molar-refractivity contribution < 1.29 is 17.6 Å². The van der Waals surface area contributed by atoms with Crippen LogP contribution in [0.1, 0.15) is 11.1 Å². The zero-order valence-electron chi connectivity index (χ0n) is 17.0. The number of hydrogen-bond acceptors (Lipinski definition) is 4. The molecule has 9 heteroatoms. The summed E-state index contributed by atoms with van der Waals surface area (Å²) in [7, 11) is -3.96. The highest BCUT2D eigenvalue weighted by Crippen LogP contribution is 2.19. The first-order valence-corrected chi connectivity index (χ1v) is 11.5. The minimum Gasteiger partial charge on any atom is -0.272 e. The average molecular weight is 474 g/mol. The van der Waals surface area contributed by atoms with E-state index in [-0.39, 0.29) is 17.0 Å². The van der Waals surface area contributed by atoms with Crippen molar-refractivity contribution in [1.29, 1.82) is 0 Å². The molecule has 0 saturated carbocycles. The number of nitrogens with one attached hydrogen (secondary N) is 1. The van der Waals surface area contributed by atoms with E-state index in [2.05, 4.69) is 10.5 Å². The third-order valence-corrected chi connectivity index (χ3v) is 6.67. The minimum absolute atomic E-state index is 0.0256. The van der Waals surface area contributed by atoms with E-state index in [0.29, 0.717) is 11.4 Å². The Kier molecular flexibility index (Phi) is 8.10. The summed E-state index contributed by atoms with van der Waals surface area (Å²) in [6.45, 7) is -0.369. The van der Waals surface area contributed by atoms with E-state index in [9.17, 15) is 17.6 Å². The Bertz CT molecular complexity index is 1190. The van der Waals surface area contributed by atoms with Crippen molar-refractivity contribution >= 4 is 33.7 Å². The Hall–Kier alpha value is -3.07. The van der Waals surface area contributed by atoms with Crippen LogP contribution >= 0.6 is 11.6 Å². The lowest BCUT2D eigenvalue weighted by molar-refractivity contribution is -0.121. The molecule has 0 aromatic heterocycles. The summed E-state index contributed by atoms with van der Waals surface area (Å²) in [5.74, 6) is -1.14. The van der Waals surface area contributed by atoms with Gasteiger partial charge in [0.15, 0.2) is 0 Å². The van der Waals surface area contributed by atoms with Gasteiger partial charge in [-0.25, -0.2) is 18.2 Å². The van der Waals surface area contributed by atoms with Crippen LogP contribution in [0.15, 0.2) is 88.9 Å². The highest BCUT2D eigenvalue weighted by molar-refractivity contribution is 7.89. The normalized spacial score (nSPS) is 11.7. The molecule has 3 aromatic rings. The van der Waals surface area contributed by atoms with Gasteiger partial charge in [0.1, 0.15) is 5.82 Å². The van der Waals surface area contributed by atoms with Crippen LogP contribution in [-0.4, -0.2) is 37.9 Å². The maximum Gasteiger partial charge on any atom is 0.255 e. The van der Waals surface area contributed by atoms with Gasteiger partial charge < -0.3 is 0 Å². The summed E-state index contributed by atoms with van der Waals surface area (Å²) in [5.41, 5.74) is 3.39. The summed E-state index contributed by atoms with van der Waals surface area (Å²) >= 11 is 5.87. The van der Waals surface area contributed by atoms with Crippen LogP contribution in [0.5, 0.6) is 0 Å². The molecular weight excluding hydrogens is 453 g/mol. The van der Waals surface area contributed by atoms with Gasteiger partial charge in [0.25, 0.3) is 5.91 Å². The number of nitrogens with zero attached hydrogens (tertiary/aromatic N) is 2. The second-order valence-electron chi connectivity index (χ2n) is 6.84. The molecule has 1 N–H and O–H groups in total. The summed E-state index contributed by atoms with van der Waals surface area (Å²) in [5, 5.41) is 4.14. The van der Waals surface area contributed by atoms with E-state index < -0.39 is 28.3 Å². The molecule has 0 saturated heterocycles. The predicted molar refractivity (Wildman–Crippen MR) is 122 cm³/mol. The van der Waals surface area contributed by atoms with Crippen molar-refractivity contribution in [1.82, 2.24) is 9.73 Å². The van der Waals surface area contributed by atoms with Crippen molar-refractivity contribution in [2.45, 2.75) is 11.3 Å². The van der Waals surface area contributed by atoms with Crippen molar-refractivity contribution in [2.75, 3.05) is 13.1 Å². The SMILES string of the molecule is O=C(CN(CCc1ccccc1)S(=O)(=O)c1ccc(Cl)cc1)N/N=C\c1ccccc1F. The van der Waals surface area contributed by atoms with Gasteiger partial charge in [-0.2, -0.15) is 9.41 Å². The van der Waals surface area contributed by atoms with E-state index in [1.165, 1.54) is 42.5 Å². The van der Waals surface area contributed by atoms with Crippen LogP contribution in [0.4, 0.5) is 4.39 Å². The molecular formula is C23H21ClFN3O3S. The zero-order chi connectivity index (χ0) is 23.0. The van der Waals surface area contributed by atoms with Gasteiger partial charge in [0, 0.05) is 17.1 Å². The molecule has 0 spiro atoms. The Morgan fingerprint density at radius 2 is 1.66 bits per heavy atom. The number of sulfonamides is 1. The number of carbonyl (C=O) groups is 1. The van der Waals surface area contributed by atoms with Crippen LogP contribution < -0.4 is 5.43 Å². The van der Waals surface area contributed by atoms with E-state index in [1.54, 1.807) is 6.07 Å². The standard InChI is InChI=1S/C23H21ClFN3O3S/c24-20-10-12-21(13-11-20)32(30,31)28(15-14-18-6-2-1-3-7-18)17-23(29)27-26-16-19-8-4-5-9-22(19)25/h1-13,16H,14-15,17H2,(H,27,29)/b26-16-. The summed E-state index contributed by atoms with van der Waals surface area (Å²) in [4.78, 5) is 12.5. The van der Waals surface area contributed by atoms with Crippen LogP contribution in [0.2, 0.25) is 5.02 Å². The van der Waals surface area contributed by atoms with E-state index in [1.807, 2.05) is 30.3 Å². The predicted octanol–water partition coefficient (Wildman–Crippen LogP) is 3.86. The first kappa shape index (κ1) is 23.6. The van der Waals surface area contributed by atoms with Crippen LogP contribution in [0.25, 0.3) is 0 Å². The number of benzene rings is 3. The largest absolute Gasteiger partial charge is 0.272 e. The van der Waals surface area contributed by atoms with Gasteiger partial charge in [-0.1, -0.05) is 60.1 Å². The van der Waals surface area contributed by atoms with Crippen LogP contribution in [-0.2, 0) is 21.2 Å². The number of hydrazone groups is 1. The summed E-state index contributed by atoms with van der Waals surface area (Å²) in [6, 6.07) is 21.0. The third-order valence-electron chi connectivity index (χ3n) is 4.56.